The second kappa shape index (κ2) is 6.59. The topological polar surface area (TPSA) is 24.9 Å². The van der Waals surface area contributed by atoms with Crippen molar-refractivity contribution in [3.63, 3.8) is 0 Å². The summed E-state index contributed by atoms with van der Waals surface area (Å²) in [5.74, 6) is 0.365. The maximum Gasteiger partial charge on any atom is 0.133 e. The quantitative estimate of drug-likeness (QED) is 0.867. The molecule has 0 spiro atoms. The van der Waals surface area contributed by atoms with E-state index in [-0.39, 0.29) is 5.82 Å². The van der Waals surface area contributed by atoms with E-state index in [0.29, 0.717) is 17.2 Å². The molecule has 2 nitrogen and oxygen atoms in total. The smallest absolute Gasteiger partial charge is 0.133 e. The van der Waals surface area contributed by atoms with Crippen LogP contribution in [0.2, 0.25) is 0 Å². The van der Waals surface area contributed by atoms with Crippen molar-refractivity contribution >= 4 is 27.3 Å². The summed E-state index contributed by atoms with van der Waals surface area (Å²) >= 11 is 4.81. The molecular weight excluding hydrogens is 327 g/mol. The highest BCUT2D eigenvalue weighted by molar-refractivity contribution is 9.10. The summed E-state index contributed by atoms with van der Waals surface area (Å²) < 4.78 is 14.6. The van der Waals surface area contributed by atoms with Gasteiger partial charge in [0.05, 0.1) is 5.69 Å². The number of nitrogens with zero attached hydrogens (tertiary/aromatic N) is 1. The third kappa shape index (κ3) is 4.09. The number of hydrogen-bond acceptors (Lipinski definition) is 3. The third-order valence-corrected chi connectivity index (χ3v) is 3.93. The van der Waals surface area contributed by atoms with E-state index in [0.717, 1.165) is 22.6 Å². The van der Waals surface area contributed by atoms with Crippen LogP contribution in [0.4, 0.5) is 4.39 Å². The van der Waals surface area contributed by atoms with E-state index in [1.807, 2.05) is 11.4 Å². The van der Waals surface area contributed by atoms with E-state index in [1.165, 1.54) is 6.07 Å². The van der Waals surface area contributed by atoms with Crippen LogP contribution >= 0.6 is 27.3 Å². The van der Waals surface area contributed by atoms with Gasteiger partial charge in [-0.3, -0.25) is 0 Å². The first-order valence-electron chi connectivity index (χ1n) is 6.17. The molecular formula is C14H16BrFN2S. The number of thiazole rings is 1. The Morgan fingerprint density at radius 1 is 1.42 bits per heavy atom. The average molecular weight is 343 g/mol. The van der Waals surface area contributed by atoms with E-state index in [4.69, 9.17) is 0 Å². The summed E-state index contributed by atoms with van der Waals surface area (Å²) in [4.78, 5) is 4.47. The third-order valence-electron chi connectivity index (χ3n) is 2.59. The lowest BCUT2D eigenvalue weighted by Crippen LogP contribution is -2.18. The highest BCUT2D eigenvalue weighted by Crippen LogP contribution is 2.26. The van der Waals surface area contributed by atoms with Crippen molar-refractivity contribution < 1.29 is 4.39 Å². The van der Waals surface area contributed by atoms with Crippen molar-refractivity contribution in [1.82, 2.24) is 10.3 Å². The van der Waals surface area contributed by atoms with Gasteiger partial charge in [-0.05, 0) is 30.7 Å². The largest absolute Gasteiger partial charge is 0.310 e. The summed E-state index contributed by atoms with van der Waals surface area (Å²) in [6.07, 6.45) is 0. The molecule has 0 unspecified atom stereocenters. The Bertz CT molecular complexity index is 554. The van der Waals surface area contributed by atoms with Crippen LogP contribution in [0.1, 0.15) is 18.9 Å². The van der Waals surface area contributed by atoms with E-state index in [1.54, 1.807) is 17.4 Å². The molecule has 0 atom stereocenters. The fraction of sp³-hybridized carbons (Fsp3) is 0.357. The highest BCUT2D eigenvalue weighted by Gasteiger charge is 2.09. The molecule has 2 rings (SSSR count). The average Bonchev–Trinajstić information content (AvgIpc) is 2.77. The Balaban J connectivity index is 2.08. The van der Waals surface area contributed by atoms with Gasteiger partial charge < -0.3 is 5.32 Å². The van der Waals surface area contributed by atoms with Gasteiger partial charge >= 0.3 is 0 Å². The molecule has 0 saturated heterocycles. The van der Waals surface area contributed by atoms with Crippen LogP contribution in [0.5, 0.6) is 0 Å². The van der Waals surface area contributed by atoms with Gasteiger partial charge in [0, 0.05) is 22.0 Å². The van der Waals surface area contributed by atoms with Gasteiger partial charge in [0.15, 0.2) is 0 Å². The van der Waals surface area contributed by atoms with Crippen molar-refractivity contribution in [1.29, 1.82) is 0 Å². The maximum absolute atomic E-state index is 13.8. The first kappa shape index (κ1) is 14.6. The Morgan fingerprint density at radius 3 is 2.89 bits per heavy atom. The van der Waals surface area contributed by atoms with Crippen LogP contribution in [0.3, 0.4) is 0 Å². The molecule has 0 aliphatic heterocycles. The molecule has 1 aromatic heterocycles. The van der Waals surface area contributed by atoms with Gasteiger partial charge in [0.25, 0.3) is 0 Å². The molecule has 0 fully saturated rings. The zero-order chi connectivity index (χ0) is 13.8. The first-order valence-corrected chi connectivity index (χ1v) is 7.84. The Morgan fingerprint density at radius 2 is 2.21 bits per heavy atom. The normalized spacial score (nSPS) is 11.2. The molecule has 0 aliphatic rings. The molecule has 0 aliphatic carbocycles. The van der Waals surface area contributed by atoms with Gasteiger partial charge in [0.1, 0.15) is 10.8 Å². The molecule has 19 heavy (non-hydrogen) atoms. The lowest BCUT2D eigenvalue weighted by molar-refractivity contribution is 0.551. The van der Waals surface area contributed by atoms with Gasteiger partial charge in [-0.1, -0.05) is 29.8 Å². The van der Waals surface area contributed by atoms with Gasteiger partial charge in [-0.25, -0.2) is 9.37 Å². The first-order chi connectivity index (χ1) is 9.06. The molecule has 0 amide bonds. The Labute approximate surface area is 125 Å². The number of aromatic nitrogens is 1. The molecule has 0 bridgehead atoms. The summed E-state index contributed by atoms with van der Waals surface area (Å²) in [6.45, 7) is 6.03. The maximum atomic E-state index is 13.8. The summed E-state index contributed by atoms with van der Waals surface area (Å²) in [7, 11) is 0. The second-order valence-electron chi connectivity index (χ2n) is 4.78. The standard InChI is InChI=1S/C14H16BrFN2S/c1-9(2)6-17-7-14-18-13(8-19-14)11-4-3-10(15)5-12(11)16/h3-5,8-9,17H,6-7H2,1-2H3. The van der Waals surface area contributed by atoms with Crippen LogP contribution in [0.25, 0.3) is 11.3 Å². The van der Waals surface area contributed by atoms with Crippen LogP contribution in [0, 0.1) is 11.7 Å². The number of halogens is 2. The number of benzene rings is 1. The van der Waals surface area contributed by atoms with Gasteiger partial charge in [-0.2, -0.15) is 0 Å². The number of nitrogens with one attached hydrogen (secondary N) is 1. The number of hydrogen-bond donors (Lipinski definition) is 1. The second-order valence-corrected chi connectivity index (χ2v) is 6.63. The lowest BCUT2D eigenvalue weighted by atomic mass is 10.1. The van der Waals surface area contributed by atoms with Gasteiger partial charge in [-0.15, -0.1) is 11.3 Å². The van der Waals surface area contributed by atoms with E-state index < -0.39 is 0 Å². The Hall–Kier alpha value is -0.780. The SMILES string of the molecule is CC(C)CNCc1nc(-c2ccc(Br)cc2F)cs1. The molecule has 2 aromatic rings. The van der Waals surface area contributed by atoms with Gasteiger partial charge in [0.2, 0.25) is 0 Å². The minimum atomic E-state index is -0.249. The highest BCUT2D eigenvalue weighted by atomic mass is 79.9. The fourth-order valence-corrected chi connectivity index (χ4v) is 2.78. The molecule has 0 saturated carbocycles. The Kier molecular flexibility index (Phi) is 5.07. The predicted octanol–water partition coefficient (Wildman–Crippen LogP) is 4.46. The van der Waals surface area contributed by atoms with E-state index in [9.17, 15) is 4.39 Å². The van der Waals surface area contributed by atoms with Crippen LogP contribution in [-0.2, 0) is 6.54 Å². The molecule has 1 aromatic carbocycles. The molecule has 102 valence electrons. The van der Waals surface area contributed by atoms with Crippen LogP contribution < -0.4 is 5.32 Å². The molecule has 0 radical (unpaired) electrons. The summed E-state index contributed by atoms with van der Waals surface area (Å²) in [6, 6.07) is 5.04. The lowest BCUT2D eigenvalue weighted by Gasteiger charge is -2.04. The summed E-state index contributed by atoms with van der Waals surface area (Å²) in [5.41, 5.74) is 1.26. The minimum Gasteiger partial charge on any atom is -0.310 e. The van der Waals surface area contributed by atoms with E-state index in [2.05, 4.69) is 40.1 Å². The van der Waals surface area contributed by atoms with Crippen LogP contribution in [-0.4, -0.2) is 11.5 Å². The minimum absolute atomic E-state index is 0.249. The molecule has 1 heterocycles. The molecule has 5 heteroatoms. The van der Waals surface area contributed by atoms with Crippen LogP contribution in [0.15, 0.2) is 28.1 Å². The number of rotatable bonds is 5. The monoisotopic (exact) mass is 342 g/mol. The van der Waals surface area contributed by atoms with Crippen molar-refractivity contribution in [2.45, 2.75) is 20.4 Å². The zero-order valence-electron chi connectivity index (χ0n) is 10.9. The fourth-order valence-electron chi connectivity index (χ4n) is 1.68. The van der Waals surface area contributed by atoms with Crippen molar-refractivity contribution in [2.24, 2.45) is 5.92 Å². The zero-order valence-corrected chi connectivity index (χ0v) is 13.3. The predicted molar refractivity (Wildman–Crippen MR) is 81.8 cm³/mol. The molecule has 1 N–H and O–H groups in total. The van der Waals surface area contributed by atoms with Crippen molar-refractivity contribution in [3.8, 4) is 11.3 Å². The van der Waals surface area contributed by atoms with E-state index >= 15 is 0 Å². The van der Waals surface area contributed by atoms with Crippen molar-refractivity contribution in [3.05, 3.63) is 38.9 Å². The summed E-state index contributed by atoms with van der Waals surface area (Å²) in [5, 5.41) is 6.22. The van der Waals surface area contributed by atoms with Crippen molar-refractivity contribution in [2.75, 3.05) is 6.54 Å².